The van der Waals surface area contributed by atoms with Crippen LogP contribution in [0.25, 0.3) is 0 Å². The number of Topliss-reactive ketones (excluding diaryl/α,β-unsaturated/α-hetero) is 2. The molecule has 0 aromatic heterocycles. The molecule has 27 heavy (non-hydrogen) atoms. The molecule has 1 unspecified atom stereocenters. The molecule has 0 N–H and O–H groups in total. The molecule has 2 rings (SSSR count). The van der Waals surface area contributed by atoms with E-state index >= 15 is 0 Å². The minimum Gasteiger partial charge on any atom is -0.299 e. The molecule has 4 nitrogen and oxygen atoms in total. The summed E-state index contributed by atoms with van der Waals surface area (Å²) in [7, 11) is -3.15. The van der Waals surface area contributed by atoms with Crippen molar-refractivity contribution in [1.82, 2.24) is 0 Å². The summed E-state index contributed by atoms with van der Waals surface area (Å²) in [5, 5.41) is -0.513. The highest BCUT2D eigenvalue weighted by atomic mass is 32.2. The van der Waals surface area contributed by atoms with E-state index in [4.69, 9.17) is 0 Å². The summed E-state index contributed by atoms with van der Waals surface area (Å²) in [5.41, 5.74) is 4.23. The molecule has 1 atom stereocenters. The number of carbonyl (C=O) groups is 2. The highest BCUT2D eigenvalue weighted by Crippen LogP contribution is 2.37. The number of hydrogen-bond acceptors (Lipinski definition) is 4. The van der Waals surface area contributed by atoms with Crippen LogP contribution in [0.1, 0.15) is 75.1 Å². The van der Waals surface area contributed by atoms with Crippen molar-refractivity contribution in [2.24, 2.45) is 5.92 Å². The summed E-state index contributed by atoms with van der Waals surface area (Å²) in [6.07, 6.45) is 2.54. The van der Waals surface area contributed by atoms with E-state index in [1.807, 2.05) is 6.92 Å². The quantitative estimate of drug-likeness (QED) is 0.659. The van der Waals surface area contributed by atoms with E-state index in [9.17, 15) is 18.0 Å². The van der Waals surface area contributed by atoms with Crippen molar-refractivity contribution in [3.05, 3.63) is 34.4 Å². The van der Waals surface area contributed by atoms with E-state index in [1.165, 1.54) is 0 Å². The Balaban J connectivity index is 2.30. The summed E-state index contributed by atoms with van der Waals surface area (Å²) in [6.45, 7) is 9.46. The van der Waals surface area contributed by atoms with Gasteiger partial charge in [-0.2, -0.15) is 0 Å². The van der Waals surface area contributed by atoms with Crippen molar-refractivity contribution in [3.63, 3.8) is 0 Å². The zero-order valence-electron chi connectivity index (χ0n) is 17.2. The molecular weight excluding hydrogens is 360 g/mol. The average molecular weight is 393 g/mol. The Kier molecular flexibility index (Phi) is 7.01. The molecule has 0 heterocycles. The molecule has 0 aliphatic heterocycles. The van der Waals surface area contributed by atoms with Gasteiger partial charge >= 0.3 is 0 Å². The fourth-order valence-corrected chi connectivity index (χ4v) is 5.49. The summed E-state index contributed by atoms with van der Waals surface area (Å²) >= 11 is 0. The fourth-order valence-electron chi connectivity index (χ4n) is 4.35. The number of aryl methyl sites for hydroxylation is 3. The molecule has 0 radical (unpaired) electrons. The molecule has 1 aliphatic rings. The van der Waals surface area contributed by atoms with Gasteiger partial charge in [0, 0.05) is 18.6 Å². The molecule has 1 aliphatic carbocycles. The van der Waals surface area contributed by atoms with E-state index in [2.05, 4.69) is 26.0 Å². The Morgan fingerprint density at radius 1 is 1.00 bits per heavy atom. The largest absolute Gasteiger partial charge is 0.299 e. The maximum absolute atomic E-state index is 13.0. The molecule has 0 bridgehead atoms. The van der Waals surface area contributed by atoms with Gasteiger partial charge in [0.15, 0.2) is 9.84 Å². The monoisotopic (exact) mass is 392 g/mol. The Morgan fingerprint density at radius 3 is 1.89 bits per heavy atom. The van der Waals surface area contributed by atoms with Gasteiger partial charge in [-0.3, -0.25) is 9.59 Å². The second-order valence-corrected chi connectivity index (χ2v) is 10.5. The normalized spacial score (nSPS) is 22.1. The predicted molar refractivity (Wildman–Crippen MR) is 109 cm³/mol. The maximum atomic E-state index is 13.0. The molecule has 1 saturated carbocycles. The second-order valence-electron chi connectivity index (χ2n) is 7.84. The molecular formula is C22H32O4S. The number of sulfone groups is 1. The van der Waals surface area contributed by atoms with Crippen LogP contribution in [0.4, 0.5) is 0 Å². The summed E-state index contributed by atoms with van der Waals surface area (Å²) in [5.74, 6) is -0.853. The highest BCUT2D eigenvalue weighted by molar-refractivity contribution is 7.91. The first-order chi connectivity index (χ1) is 12.6. The minimum atomic E-state index is -3.15. The lowest BCUT2D eigenvalue weighted by atomic mass is 9.72. The van der Waals surface area contributed by atoms with Crippen LogP contribution in [0, 0.1) is 12.8 Å². The maximum Gasteiger partial charge on any atom is 0.152 e. The number of hydrogen-bond donors (Lipinski definition) is 0. The predicted octanol–water partition coefficient (Wildman–Crippen LogP) is 3.96. The molecule has 0 saturated heterocycles. The third-order valence-electron chi connectivity index (χ3n) is 5.85. The number of rotatable bonds is 7. The molecule has 0 amide bonds. The first kappa shape index (κ1) is 21.8. The van der Waals surface area contributed by atoms with Gasteiger partial charge in [0.25, 0.3) is 0 Å². The Hall–Kier alpha value is -1.49. The van der Waals surface area contributed by atoms with Crippen LogP contribution in [0.15, 0.2) is 12.1 Å². The Labute approximate surface area is 163 Å². The zero-order valence-corrected chi connectivity index (χ0v) is 18.0. The third kappa shape index (κ3) is 4.68. The first-order valence-electron chi connectivity index (χ1n) is 10.0. The topological polar surface area (TPSA) is 68.3 Å². The summed E-state index contributed by atoms with van der Waals surface area (Å²) < 4.78 is 24.1. The van der Waals surface area contributed by atoms with Crippen LogP contribution in [0.5, 0.6) is 0 Å². The van der Waals surface area contributed by atoms with Crippen molar-refractivity contribution in [3.8, 4) is 0 Å². The minimum absolute atomic E-state index is 0.0504. The Morgan fingerprint density at radius 2 is 1.48 bits per heavy atom. The lowest BCUT2D eigenvalue weighted by molar-refractivity contribution is -0.133. The van der Waals surface area contributed by atoms with E-state index in [0.717, 1.165) is 35.1 Å². The Bertz CT molecular complexity index is 780. The van der Waals surface area contributed by atoms with Crippen LogP contribution in [0.3, 0.4) is 0 Å². The van der Waals surface area contributed by atoms with E-state index in [1.54, 1.807) is 13.8 Å². The number of carbonyl (C=O) groups excluding carboxylic acids is 2. The molecule has 1 aromatic carbocycles. The van der Waals surface area contributed by atoms with Gasteiger partial charge in [0.2, 0.25) is 0 Å². The molecule has 1 fully saturated rings. The van der Waals surface area contributed by atoms with Crippen LogP contribution in [-0.2, 0) is 32.3 Å². The highest BCUT2D eigenvalue weighted by Gasteiger charge is 2.39. The second kappa shape index (κ2) is 8.68. The lowest BCUT2D eigenvalue weighted by Gasteiger charge is -2.30. The fraction of sp³-hybridized carbons (Fsp3) is 0.636. The van der Waals surface area contributed by atoms with Gasteiger partial charge in [-0.05, 0) is 55.7 Å². The first-order valence-corrected chi connectivity index (χ1v) is 11.7. The van der Waals surface area contributed by atoms with Gasteiger partial charge in [-0.15, -0.1) is 0 Å². The SMILES string of the molecule is CCc1cc(C)cc(CC)c1C1C(=O)CC(CC(C)S(=O)(=O)CC)CC1=O. The van der Waals surface area contributed by atoms with Crippen LogP contribution >= 0.6 is 0 Å². The van der Waals surface area contributed by atoms with E-state index in [-0.39, 0.29) is 23.2 Å². The van der Waals surface area contributed by atoms with Gasteiger partial charge in [-0.25, -0.2) is 8.42 Å². The van der Waals surface area contributed by atoms with Gasteiger partial charge in [-0.1, -0.05) is 38.5 Å². The van der Waals surface area contributed by atoms with E-state index in [0.29, 0.717) is 19.3 Å². The average Bonchev–Trinajstić information content (AvgIpc) is 2.61. The van der Waals surface area contributed by atoms with Crippen molar-refractivity contribution in [2.45, 2.75) is 77.9 Å². The number of benzene rings is 1. The molecule has 150 valence electrons. The standard InChI is InChI=1S/C22H32O4S/c1-6-17-9-14(4)10-18(7-2)21(17)22-19(23)12-16(13-20(22)24)11-15(5)27(25,26)8-3/h9-10,15-16,22H,6-8,11-13H2,1-5H3. The van der Waals surface area contributed by atoms with Crippen molar-refractivity contribution in [2.75, 3.05) is 5.75 Å². The van der Waals surface area contributed by atoms with Gasteiger partial charge in [0.1, 0.15) is 17.5 Å². The zero-order chi connectivity index (χ0) is 20.4. The third-order valence-corrected chi connectivity index (χ3v) is 8.07. The molecule has 1 aromatic rings. The summed E-state index contributed by atoms with van der Waals surface area (Å²) in [6, 6.07) is 4.16. The smallest absolute Gasteiger partial charge is 0.152 e. The molecule has 0 spiro atoms. The summed E-state index contributed by atoms with van der Waals surface area (Å²) in [4.78, 5) is 25.9. The van der Waals surface area contributed by atoms with Crippen LogP contribution in [0.2, 0.25) is 0 Å². The van der Waals surface area contributed by atoms with Crippen LogP contribution < -0.4 is 0 Å². The lowest BCUT2D eigenvalue weighted by Crippen LogP contribution is -2.35. The van der Waals surface area contributed by atoms with Crippen molar-refractivity contribution < 1.29 is 18.0 Å². The van der Waals surface area contributed by atoms with Gasteiger partial charge in [0.05, 0.1) is 5.25 Å². The number of ketones is 2. The van der Waals surface area contributed by atoms with Crippen molar-refractivity contribution >= 4 is 21.4 Å². The van der Waals surface area contributed by atoms with Crippen LogP contribution in [-0.4, -0.2) is 31.0 Å². The van der Waals surface area contributed by atoms with Crippen molar-refractivity contribution in [1.29, 1.82) is 0 Å². The molecule has 5 heteroatoms. The van der Waals surface area contributed by atoms with Gasteiger partial charge < -0.3 is 0 Å². The van der Waals surface area contributed by atoms with E-state index < -0.39 is 21.0 Å².